The molecule has 0 saturated carbocycles. The second-order valence-electron chi connectivity index (χ2n) is 10.7. The van der Waals surface area contributed by atoms with Gasteiger partial charge in [-0.1, -0.05) is 31.2 Å². The summed E-state index contributed by atoms with van der Waals surface area (Å²) in [6.45, 7) is 2.60. The molecular weight excluding hydrogens is 665 g/mol. The van der Waals surface area contributed by atoms with E-state index in [-0.39, 0.29) is 35.2 Å². The van der Waals surface area contributed by atoms with Gasteiger partial charge in [-0.2, -0.15) is 22.0 Å². The van der Waals surface area contributed by atoms with Gasteiger partial charge in [0.15, 0.2) is 6.29 Å². The van der Waals surface area contributed by atoms with Gasteiger partial charge in [0.05, 0.1) is 13.2 Å². The van der Waals surface area contributed by atoms with Crippen molar-refractivity contribution in [3.63, 3.8) is 0 Å². The smallest absolute Gasteiger partial charge is 0.429 e. The second kappa shape index (κ2) is 13.6. The quantitative estimate of drug-likeness (QED) is 0.136. The van der Waals surface area contributed by atoms with Gasteiger partial charge in [-0.15, -0.1) is 0 Å². The van der Waals surface area contributed by atoms with E-state index >= 15 is 13.2 Å². The molecule has 1 fully saturated rings. The molecule has 0 aliphatic carbocycles. The maximum absolute atomic E-state index is 15.1. The number of rotatable bonds is 8. The summed E-state index contributed by atoms with van der Waals surface area (Å²) in [5.74, 6) is -11.2. The molecule has 0 bridgehead atoms. The van der Waals surface area contributed by atoms with Crippen LogP contribution in [0.5, 0.6) is 5.75 Å². The van der Waals surface area contributed by atoms with E-state index in [1.165, 1.54) is 12.1 Å². The number of hydrogen-bond acceptors (Lipinski definition) is 3. The number of halogens is 11. The van der Waals surface area contributed by atoms with Crippen LogP contribution in [0.2, 0.25) is 0 Å². The molecule has 1 aliphatic heterocycles. The first-order chi connectivity index (χ1) is 22.6. The Hall–Kier alpha value is -4.43. The highest BCUT2D eigenvalue weighted by molar-refractivity contribution is 5.67. The number of ether oxygens (including phenoxy) is 3. The summed E-state index contributed by atoms with van der Waals surface area (Å²) in [5.41, 5.74) is -5.99. The van der Waals surface area contributed by atoms with Crippen LogP contribution < -0.4 is 4.74 Å². The van der Waals surface area contributed by atoms with Crippen molar-refractivity contribution in [1.82, 2.24) is 0 Å². The van der Waals surface area contributed by atoms with E-state index in [0.717, 1.165) is 12.5 Å². The van der Waals surface area contributed by atoms with Crippen molar-refractivity contribution in [1.29, 1.82) is 0 Å². The zero-order valence-electron chi connectivity index (χ0n) is 24.6. The van der Waals surface area contributed by atoms with Gasteiger partial charge in [0, 0.05) is 28.7 Å². The second-order valence-corrected chi connectivity index (χ2v) is 10.7. The minimum absolute atomic E-state index is 0.0138. The summed E-state index contributed by atoms with van der Waals surface area (Å²) in [6, 6.07) is 6.45. The molecular formula is C34H23F11O3. The maximum atomic E-state index is 15.1. The van der Waals surface area contributed by atoms with Gasteiger partial charge in [0.25, 0.3) is 0 Å². The lowest BCUT2D eigenvalue weighted by atomic mass is 10.00. The lowest BCUT2D eigenvalue weighted by Crippen LogP contribution is -2.26. The van der Waals surface area contributed by atoms with Crippen molar-refractivity contribution < 1.29 is 62.5 Å². The Labute approximate surface area is 266 Å². The van der Waals surface area contributed by atoms with Gasteiger partial charge in [-0.25, -0.2) is 26.3 Å². The van der Waals surface area contributed by atoms with Crippen molar-refractivity contribution in [2.75, 3.05) is 13.2 Å². The van der Waals surface area contributed by atoms with Crippen LogP contribution in [0.4, 0.5) is 48.3 Å². The average molecular weight is 689 g/mol. The van der Waals surface area contributed by atoms with Gasteiger partial charge in [-0.3, -0.25) is 0 Å². The van der Waals surface area contributed by atoms with Gasteiger partial charge in [-0.05, 0) is 60.0 Å². The lowest BCUT2D eigenvalue weighted by molar-refractivity contribution is -0.197. The van der Waals surface area contributed by atoms with E-state index in [1.807, 2.05) is 19.1 Å². The largest absolute Gasteiger partial charge is 0.432 e. The Morgan fingerprint density at radius 1 is 0.667 bits per heavy atom. The Bertz CT molecular complexity index is 1800. The predicted molar refractivity (Wildman–Crippen MR) is 151 cm³/mol. The molecule has 0 unspecified atom stereocenters. The molecule has 3 nitrogen and oxygen atoms in total. The van der Waals surface area contributed by atoms with Gasteiger partial charge in [0.1, 0.15) is 51.8 Å². The van der Waals surface area contributed by atoms with Crippen molar-refractivity contribution in [3.05, 3.63) is 124 Å². The Morgan fingerprint density at radius 2 is 1.17 bits per heavy atom. The summed E-state index contributed by atoms with van der Waals surface area (Å²) in [6.07, 6.45) is -6.32. The van der Waals surface area contributed by atoms with E-state index in [0.29, 0.717) is 37.5 Å². The molecule has 0 aromatic heterocycles. The lowest BCUT2D eigenvalue weighted by Gasteiger charge is -2.28. The fraction of sp³-hybridized carbons (Fsp3) is 0.235. The van der Waals surface area contributed by atoms with Crippen molar-refractivity contribution in [2.24, 2.45) is 5.92 Å². The van der Waals surface area contributed by atoms with Crippen LogP contribution >= 0.6 is 0 Å². The number of alkyl halides is 5. The molecule has 4 aromatic carbocycles. The molecule has 0 radical (unpaired) electrons. The standard InChI is InChI=1S/C34H23F11O3/c1-2-3-4-17-15-46-32(47-16-17)18-5-7-22(24(35)9-18)20-12-28(39)31(29(40)13-20)34(44,45)48-21-6-8-23(25(36)14-21)19-10-26(37)30(27(38)11-19)33(41,42)43/h3-14,17,32H,2,15-16H2,1H3/b4-3+. The van der Waals surface area contributed by atoms with E-state index < -0.39 is 87.0 Å². The summed E-state index contributed by atoms with van der Waals surface area (Å²) in [5, 5.41) is 0. The van der Waals surface area contributed by atoms with Crippen LogP contribution in [0.15, 0.2) is 72.8 Å². The number of benzene rings is 4. The molecule has 1 heterocycles. The molecule has 1 aliphatic rings. The van der Waals surface area contributed by atoms with Crippen LogP contribution in [0, 0.1) is 40.8 Å². The number of allylic oxidation sites excluding steroid dienone is 1. The molecule has 0 atom stereocenters. The van der Waals surface area contributed by atoms with Crippen LogP contribution in [-0.2, 0) is 21.8 Å². The topological polar surface area (TPSA) is 27.7 Å². The van der Waals surface area contributed by atoms with Crippen LogP contribution in [0.25, 0.3) is 22.3 Å². The summed E-state index contributed by atoms with van der Waals surface area (Å²) >= 11 is 0. The normalized spacial score (nSPS) is 17.2. The monoisotopic (exact) mass is 688 g/mol. The zero-order valence-corrected chi connectivity index (χ0v) is 24.6. The first-order valence-corrected chi connectivity index (χ1v) is 14.2. The third-order valence-electron chi connectivity index (χ3n) is 7.30. The predicted octanol–water partition coefficient (Wildman–Crippen LogP) is 10.6. The molecule has 0 spiro atoms. The molecule has 0 N–H and O–H groups in total. The van der Waals surface area contributed by atoms with Crippen LogP contribution in [-0.4, -0.2) is 13.2 Å². The third-order valence-corrected chi connectivity index (χ3v) is 7.30. The Morgan fingerprint density at radius 3 is 1.65 bits per heavy atom. The average Bonchev–Trinajstić information content (AvgIpc) is 2.98. The third kappa shape index (κ3) is 7.34. The van der Waals surface area contributed by atoms with Gasteiger partial charge < -0.3 is 14.2 Å². The van der Waals surface area contributed by atoms with Gasteiger partial charge >= 0.3 is 12.3 Å². The highest BCUT2D eigenvalue weighted by atomic mass is 19.4. The highest BCUT2D eigenvalue weighted by Gasteiger charge is 2.42. The summed E-state index contributed by atoms with van der Waals surface area (Å²) in [7, 11) is 0. The van der Waals surface area contributed by atoms with E-state index in [1.54, 1.807) is 0 Å². The summed E-state index contributed by atoms with van der Waals surface area (Å²) in [4.78, 5) is 0. The van der Waals surface area contributed by atoms with E-state index in [9.17, 15) is 35.1 Å². The molecule has 254 valence electrons. The van der Waals surface area contributed by atoms with Gasteiger partial charge in [0.2, 0.25) is 0 Å². The molecule has 5 rings (SSSR count). The van der Waals surface area contributed by atoms with Crippen LogP contribution in [0.3, 0.4) is 0 Å². The number of hydrogen-bond donors (Lipinski definition) is 0. The molecule has 0 amide bonds. The van der Waals surface area contributed by atoms with Crippen molar-refractivity contribution >= 4 is 0 Å². The van der Waals surface area contributed by atoms with E-state index in [2.05, 4.69) is 4.74 Å². The molecule has 1 saturated heterocycles. The maximum Gasteiger partial charge on any atom is 0.432 e. The van der Waals surface area contributed by atoms with E-state index in [4.69, 9.17) is 9.47 Å². The van der Waals surface area contributed by atoms with Crippen molar-refractivity contribution in [3.8, 4) is 28.0 Å². The fourth-order valence-corrected chi connectivity index (χ4v) is 5.06. The minimum Gasteiger partial charge on any atom is -0.429 e. The first-order valence-electron chi connectivity index (χ1n) is 14.2. The molecule has 48 heavy (non-hydrogen) atoms. The summed E-state index contributed by atoms with van der Waals surface area (Å²) < 4.78 is 172. The SMILES string of the molecule is CC/C=C/C1COC(c2ccc(-c3cc(F)c(C(F)(F)Oc4ccc(-c5cc(F)c(C(F)(F)F)c(F)c5)c(F)c4)c(F)c3)c(F)c2)OC1. The Balaban J connectivity index is 1.34. The molecule has 4 aromatic rings. The Kier molecular flexibility index (Phi) is 9.88. The molecule has 14 heteroatoms. The fourth-order valence-electron chi connectivity index (χ4n) is 5.06. The van der Waals surface area contributed by atoms with Crippen LogP contribution in [0.1, 0.15) is 36.3 Å². The zero-order chi connectivity index (χ0) is 35.0. The van der Waals surface area contributed by atoms with Crippen molar-refractivity contribution in [2.45, 2.75) is 31.9 Å². The highest BCUT2D eigenvalue weighted by Crippen LogP contribution is 2.40. The first kappa shape index (κ1) is 34.9. The minimum atomic E-state index is -5.38.